The number of nitrogens with zero attached hydrogens (tertiary/aromatic N) is 2. The summed E-state index contributed by atoms with van der Waals surface area (Å²) in [5, 5.41) is 7.17. The summed E-state index contributed by atoms with van der Waals surface area (Å²) in [6.45, 7) is 2.54. The third-order valence-electron chi connectivity index (χ3n) is 3.15. The third kappa shape index (κ3) is 3.91. The molecule has 2 aromatic rings. The van der Waals surface area contributed by atoms with E-state index >= 15 is 0 Å². The molecule has 0 bridgehead atoms. The van der Waals surface area contributed by atoms with E-state index < -0.39 is 0 Å². The van der Waals surface area contributed by atoms with Gasteiger partial charge in [0.25, 0.3) is 0 Å². The Morgan fingerprint density at radius 1 is 1.35 bits per heavy atom. The summed E-state index contributed by atoms with van der Waals surface area (Å²) in [4.78, 5) is 11.7. The van der Waals surface area contributed by atoms with Crippen LogP contribution in [0.25, 0.3) is 0 Å². The Morgan fingerprint density at radius 2 is 2.05 bits per heavy atom. The Morgan fingerprint density at radius 3 is 2.65 bits per heavy atom. The number of hydrogen-bond donors (Lipinski definition) is 1. The number of benzene rings is 1. The molecule has 0 unspecified atom stereocenters. The second kappa shape index (κ2) is 6.32. The Bertz CT molecular complexity index is 570. The molecule has 0 fully saturated rings. The lowest BCUT2D eigenvalue weighted by atomic mass is 10.1. The lowest BCUT2D eigenvalue weighted by Gasteiger charge is -2.04. The summed E-state index contributed by atoms with van der Waals surface area (Å²) in [6, 6.07) is 7.97. The molecule has 1 heterocycles. The summed E-state index contributed by atoms with van der Waals surface area (Å²) in [5.41, 5.74) is 2.86. The first-order valence-electron chi connectivity index (χ1n) is 6.55. The van der Waals surface area contributed by atoms with Crippen LogP contribution < -0.4 is 5.32 Å². The van der Waals surface area contributed by atoms with Crippen molar-refractivity contribution in [3.05, 3.63) is 53.1 Å². The lowest BCUT2D eigenvalue weighted by molar-refractivity contribution is -0.120. The van der Waals surface area contributed by atoms with Gasteiger partial charge in [-0.25, -0.2) is 4.39 Å². The monoisotopic (exact) mass is 275 g/mol. The molecule has 4 nitrogen and oxygen atoms in total. The standard InChI is InChI=1S/C15H18FN3O/c1-11-9-14(18-19(11)2)7-8-17-15(20)10-12-3-5-13(16)6-4-12/h3-6,9H,7-8,10H2,1-2H3,(H,17,20). The van der Waals surface area contributed by atoms with Crippen molar-refractivity contribution >= 4 is 5.91 Å². The van der Waals surface area contributed by atoms with Gasteiger partial charge in [0.05, 0.1) is 12.1 Å². The second-order valence-electron chi connectivity index (χ2n) is 4.80. The third-order valence-corrected chi connectivity index (χ3v) is 3.15. The highest BCUT2D eigenvalue weighted by Crippen LogP contribution is 2.04. The van der Waals surface area contributed by atoms with Crippen molar-refractivity contribution in [3.63, 3.8) is 0 Å². The van der Waals surface area contributed by atoms with Gasteiger partial charge in [0, 0.05) is 25.7 Å². The number of hydrogen-bond acceptors (Lipinski definition) is 2. The SMILES string of the molecule is Cc1cc(CCNC(=O)Cc2ccc(F)cc2)nn1C. The lowest BCUT2D eigenvalue weighted by Crippen LogP contribution is -2.27. The van der Waals surface area contributed by atoms with E-state index in [0.29, 0.717) is 13.0 Å². The topological polar surface area (TPSA) is 46.9 Å². The minimum atomic E-state index is -0.292. The summed E-state index contributed by atoms with van der Waals surface area (Å²) < 4.78 is 14.6. The molecule has 0 saturated carbocycles. The molecule has 0 radical (unpaired) electrons. The van der Waals surface area contributed by atoms with Gasteiger partial charge in [0.1, 0.15) is 5.82 Å². The normalized spacial score (nSPS) is 10.6. The fourth-order valence-electron chi connectivity index (χ4n) is 1.94. The van der Waals surface area contributed by atoms with Crippen LogP contribution in [-0.2, 0) is 24.7 Å². The van der Waals surface area contributed by atoms with Gasteiger partial charge < -0.3 is 5.32 Å². The maximum atomic E-state index is 12.7. The van der Waals surface area contributed by atoms with Crippen LogP contribution in [-0.4, -0.2) is 22.2 Å². The zero-order chi connectivity index (χ0) is 14.5. The predicted molar refractivity (Wildman–Crippen MR) is 74.8 cm³/mol. The highest BCUT2D eigenvalue weighted by atomic mass is 19.1. The van der Waals surface area contributed by atoms with Gasteiger partial charge in [0.15, 0.2) is 0 Å². The van der Waals surface area contributed by atoms with E-state index in [0.717, 1.165) is 17.0 Å². The highest BCUT2D eigenvalue weighted by molar-refractivity contribution is 5.78. The molecule has 0 aliphatic carbocycles. The minimum Gasteiger partial charge on any atom is -0.355 e. The molecule has 1 aromatic heterocycles. The quantitative estimate of drug-likeness (QED) is 0.904. The van der Waals surface area contributed by atoms with Crippen molar-refractivity contribution in [2.45, 2.75) is 19.8 Å². The number of amides is 1. The average molecular weight is 275 g/mol. The first-order chi connectivity index (χ1) is 9.54. The van der Waals surface area contributed by atoms with E-state index in [1.807, 2.05) is 24.7 Å². The van der Waals surface area contributed by atoms with E-state index in [1.165, 1.54) is 12.1 Å². The first kappa shape index (κ1) is 14.2. The minimum absolute atomic E-state index is 0.0655. The number of halogens is 1. The summed E-state index contributed by atoms with van der Waals surface area (Å²) in [5.74, 6) is -0.357. The fourth-order valence-corrected chi connectivity index (χ4v) is 1.94. The zero-order valence-corrected chi connectivity index (χ0v) is 11.7. The molecule has 106 valence electrons. The number of carbonyl (C=O) groups is 1. The Labute approximate surface area is 117 Å². The molecule has 0 aliphatic rings. The Kier molecular flexibility index (Phi) is 4.50. The summed E-state index contributed by atoms with van der Waals surface area (Å²) >= 11 is 0. The van der Waals surface area contributed by atoms with Crippen LogP contribution in [0.2, 0.25) is 0 Å². The highest BCUT2D eigenvalue weighted by Gasteiger charge is 2.05. The smallest absolute Gasteiger partial charge is 0.224 e. The van der Waals surface area contributed by atoms with Crippen LogP contribution in [0.4, 0.5) is 4.39 Å². The second-order valence-corrected chi connectivity index (χ2v) is 4.80. The van der Waals surface area contributed by atoms with Crippen LogP contribution in [0.15, 0.2) is 30.3 Å². The van der Waals surface area contributed by atoms with Crippen LogP contribution in [0.3, 0.4) is 0 Å². The van der Waals surface area contributed by atoms with Gasteiger partial charge in [-0.3, -0.25) is 9.48 Å². The molecule has 0 spiro atoms. The molecule has 1 aromatic carbocycles. The van der Waals surface area contributed by atoms with Gasteiger partial charge >= 0.3 is 0 Å². The van der Waals surface area contributed by atoms with Crippen LogP contribution >= 0.6 is 0 Å². The van der Waals surface area contributed by atoms with Crippen LogP contribution in [0.1, 0.15) is 17.0 Å². The first-order valence-corrected chi connectivity index (χ1v) is 6.55. The molecule has 0 saturated heterocycles. The number of rotatable bonds is 5. The Hall–Kier alpha value is -2.17. The van der Waals surface area contributed by atoms with Crippen LogP contribution in [0, 0.1) is 12.7 Å². The van der Waals surface area contributed by atoms with Gasteiger partial charge in [-0.15, -0.1) is 0 Å². The maximum absolute atomic E-state index is 12.7. The molecular formula is C15H18FN3O. The Balaban J connectivity index is 1.76. The zero-order valence-electron chi connectivity index (χ0n) is 11.7. The molecule has 0 aliphatic heterocycles. The van der Waals surface area contributed by atoms with E-state index in [9.17, 15) is 9.18 Å². The van der Waals surface area contributed by atoms with Gasteiger partial charge in [0.2, 0.25) is 5.91 Å². The summed E-state index contributed by atoms with van der Waals surface area (Å²) in [7, 11) is 1.89. The van der Waals surface area contributed by atoms with Crippen LogP contribution in [0.5, 0.6) is 0 Å². The number of nitrogens with one attached hydrogen (secondary N) is 1. The number of aromatic nitrogens is 2. The largest absolute Gasteiger partial charge is 0.355 e. The molecular weight excluding hydrogens is 257 g/mol. The molecule has 1 N–H and O–H groups in total. The van der Waals surface area contributed by atoms with Crippen molar-refractivity contribution in [1.29, 1.82) is 0 Å². The van der Waals surface area contributed by atoms with E-state index in [2.05, 4.69) is 10.4 Å². The molecule has 5 heteroatoms. The average Bonchev–Trinajstić information content (AvgIpc) is 2.71. The predicted octanol–water partition coefficient (Wildman–Crippen LogP) is 1.77. The van der Waals surface area contributed by atoms with E-state index in [-0.39, 0.29) is 18.1 Å². The van der Waals surface area contributed by atoms with Gasteiger partial charge in [-0.05, 0) is 30.7 Å². The fraction of sp³-hybridized carbons (Fsp3) is 0.333. The summed E-state index contributed by atoms with van der Waals surface area (Å²) in [6.07, 6.45) is 0.971. The van der Waals surface area contributed by atoms with E-state index in [4.69, 9.17) is 0 Å². The molecule has 2 rings (SSSR count). The molecule has 20 heavy (non-hydrogen) atoms. The van der Waals surface area contributed by atoms with Crippen molar-refractivity contribution in [2.24, 2.45) is 7.05 Å². The van der Waals surface area contributed by atoms with Gasteiger partial charge in [-0.2, -0.15) is 5.10 Å². The molecule has 0 atom stereocenters. The molecule has 1 amide bonds. The number of carbonyl (C=O) groups excluding carboxylic acids is 1. The van der Waals surface area contributed by atoms with Crippen molar-refractivity contribution in [1.82, 2.24) is 15.1 Å². The van der Waals surface area contributed by atoms with Crippen molar-refractivity contribution in [3.8, 4) is 0 Å². The van der Waals surface area contributed by atoms with Crippen molar-refractivity contribution in [2.75, 3.05) is 6.54 Å². The van der Waals surface area contributed by atoms with Crippen molar-refractivity contribution < 1.29 is 9.18 Å². The van der Waals surface area contributed by atoms with Gasteiger partial charge in [-0.1, -0.05) is 12.1 Å². The maximum Gasteiger partial charge on any atom is 0.224 e. The van der Waals surface area contributed by atoms with E-state index in [1.54, 1.807) is 12.1 Å². The number of aryl methyl sites for hydroxylation is 2.